The molecule has 0 aliphatic heterocycles. The van der Waals surface area contributed by atoms with Crippen molar-refractivity contribution < 1.29 is 82.3 Å². The Morgan fingerprint density at radius 2 is 0.797 bits per heavy atom. The van der Waals surface area contributed by atoms with Crippen molar-refractivity contribution in [2.24, 2.45) is 0 Å². The van der Waals surface area contributed by atoms with E-state index in [1.165, 1.54) is 19.2 Å². The average molecular weight is 1120 g/mol. The van der Waals surface area contributed by atoms with Gasteiger partial charge in [-0.2, -0.15) is 52.7 Å². The standard InChI is InChI=1S/C31H34F6O3.C30H32F6O3/c1-6-28(7-2,25-15-13-23(21(3)19-25)11-9-8-10-12-27(38)40-5)26-16-14-24(22(4)20-26)17-18-29(39,30(32,33)34)31(35,36)37;1-5-27(6-2,24-14-12-22(20(3)18-24)10-8-7-9-11-26(37)38)25-15-13-23(21(4)19-25)16-17-28(39,29(31,32)33)30(34,35)36/h13-20,39H,6-8,10,12H2,1-5H3;12-19,39H,5-7,9,11H2,1-4H3,(H,37,38)/b18-17+;17-16+. The van der Waals surface area contributed by atoms with Gasteiger partial charge in [0.25, 0.3) is 11.2 Å². The number of aliphatic hydroxyl groups is 2. The van der Waals surface area contributed by atoms with Crippen LogP contribution in [0.3, 0.4) is 0 Å². The van der Waals surface area contributed by atoms with Crippen LogP contribution in [0.2, 0.25) is 0 Å². The number of carboxylic acid groups (broad SMARTS) is 1. The van der Waals surface area contributed by atoms with E-state index in [0.717, 1.165) is 44.5 Å². The Morgan fingerprint density at radius 1 is 0.494 bits per heavy atom. The van der Waals surface area contributed by atoms with Crippen molar-refractivity contribution in [2.45, 2.75) is 166 Å². The molecule has 0 amide bonds. The van der Waals surface area contributed by atoms with E-state index in [9.17, 15) is 72.5 Å². The third-order valence-corrected chi connectivity index (χ3v) is 14.4. The molecule has 0 atom stereocenters. The second-order valence-corrected chi connectivity index (χ2v) is 19.3. The fourth-order valence-corrected chi connectivity index (χ4v) is 9.18. The largest absolute Gasteiger partial charge is 0.481 e. The maximum atomic E-state index is 13.1. The van der Waals surface area contributed by atoms with Gasteiger partial charge in [-0.05, 0) is 146 Å². The van der Waals surface area contributed by atoms with Crippen LogP contribution >= 0.6 is 0 Å². The molecule has 430 valence electrons. The summed E-state index contributed by atoms with van der Waals surface area (Å²) < 4.78 is 161. The number of esters is 1. The van der Waals surface area contributed by atoms with E-state index < -0.39 is 52.7 Å². The summed E-state index contributed by atoms with van der Waals surface area (Å²) in [5, 5.41) is 27.6. The molecule has 79 heavy (non-hydrogen) atoms. The summed E-state index contributed by atoms with van der Waals surface area (Å²) >= 11 is 0. The van der Waals surface area contributed by atoms with Crippen molar-refractivity contribution in [1.29, 1.82) is 0 Å². The Bertz CT molecular complexity index is 2900. The Morgan fingerprint density at radius 3 is 1.06 bits per heavy atom. The number of alkyl halides is 12. The highest BCUT2D eigenvalue weighted by Crippen LogP contribution is 2.47. The molecule has 4 rings (SSSR count). The molecule has 4 aromatic rings. The number of carbonyl (C=O) groups excluding carboxylic acids is 1. The van der Waals surface area contributed by atoms with Crippen LogP contribution in [0.1, 0.15) is 159 Å². The highest BCUT2D eigenvalue weighted by molar-refractivity contribution is 5.69. The lowest BCUT2D eigenvalue weighted by molar-refractivity contribution is -0.348. The molecular formula is C61H66F12O6. The molecule has 0 saturated heterocycles. The van der Waals surface area contributed by atoms with Gasteiger partial charge in [0, 0.05) is 47.6 Å². The predicted molar refractivity (Wildman–Crippen MR) is 281 cm³/mol. The molecular weight excluding hydrogens is 1060 g/mol. The van der Waals surface area contributed by atoms with Crippen LogP contribution in [0, 0.1) is 51.4 Å². The number of rotatable bonds is 18. The molecule has 0 radical (unpaired) electrons. The molecule has 0 aliphatic rings. The summed E-state index contributed by atoms with van der Waals surface area (Å²) in [4.78, 5) is 21.9. The van der Waals surface area contributed by atoms with E-state index in [0.29, 0.717) is 81.1 Å². The molecule has 6 nitrogen and oxygen atoms in total. The van der Waals surface area contributed by atoms with E-state index in [1.807, 2.05) is 77.9 Å². The summed E-state index contributed by atoms with van der Waals surface area (Å²) in [5.41, 5.74) is -2.37. The highest BCUT2D eigenvalue weighted by Gasteiger charge is 2.70. The van der Waals surface area contributed by atoms with E-state index in [2.05, 4.69) is 28.4 Å². The summed E-state index contributed by atoms with van der Waals surface area (Å²) in [6.45, 7) is 15.1. The SMILES string of the molecule is CCC(CC)(c1ccc(C#CCCCC(=O)O)c(C)c1)c1ccc(/C=C/C(O)(C(F)(F)F)C(F)(F)F)c(C)c1.CCC(CC)(c1ccc(C#CCCCC(=O)OC)c(C)c1)c1ccc(/C=C/C(O)(C(F)(F)F)C(F)(F)F)c(C)c1. The van der Waals surface area contributed by atoms with Gasteiger partial charge in [0.05, 0.1) is 7.11 Å². The van der Waals surface area contributed by atoms with Crippen LogP contribution in [0.4, 0.5) is 52.7 Å². The van der Waals surface area contributed by atoms with Crippen molar-refractivity contribution in [3.63, 3.8) is 0 Å². The van der Waals surface area contributed by atoms with Crippen molar-refractivity contribution in [3.8, 4) is 23.7 Å². The van der Waals surface area contributed by atoms with Crippen LogP contribution in [-0.2, 0) is 25.2 Å². The van der Waals surface area contributed by atoms with E-state index >= 15 is 0 Å². The van der Waals surface area contributed by atoms with Gasteiger partial charge < -0.3 is 20.1 Å². The molecule has 0 heterocycles. The lowest BCUT2D eigenvalue weighted by Gasteiger charge is -2.34. The van der Waals surface area contributed by atoms with Crippen LogP contribution < -0.4 is 0 Å². The number of methoxy groups -OCH3 is 1. The molecule has 3 N–H and O–H groups in total. The minimum atomic E-state index is -5.93. The Balaban J connectivity index is 0.000000415. The van der Waals surface area contributed by atoms with E-state index in [1.54, 1.807) is 38.1 Å². The first-order chi connectivity index (χ1) is 36.6. The van der Waals surface area contributed by atoms with Gasteiger partial charge in [0.15, 0.2) is 0 Å². The predicted octanol–water partition coefficient (Wildman–Crippen LogP) is 15.9. The zero-order valence-corrected chi connectivity index (χ0v) is 45.4. The number of unbranched alkanes of at least 4 members (excludes halogenated alkanes) is 2. The number of aryl methyl sites for hydroxylation is 4. The third-order valence-electron chi connectivity index (χ3n) is 14.4. The van der Waals surface area contributed by atoms with Gasteiger partial charge in [0.1, 0.15) is 0 Å². The first kappa shape index (κ1) is 66.8. The van der Waals surface area contributed by atoms with Crippen LogP contribution in [0.5, 0.6) is 0 Å². The van der Waals surface area contributed by atoms with Gasteiger partial charge in [0.2, 0.25) is 0 Å². The smallest absolute Gasteiger partial charge is 0.430 e. The summed E-state index contributed by atoms with van der Waals surface area (Å²) in [6, 6.07) is 21.6. The lowest BCUT2D eigenvalue weighted by atomic mass is 9.69. The number of aliphatic carboxylic acids is 1. The molecule has 0 spiro atoms. The van der Waals surface area contributed by atoms with Gasteiger partial charge in [-0.1, -0.05) is 124 Å². The Kier molecular flexibility index (Phi) is 22.9. The van der Waals surface area contributed by atoms with Gasteiger partial charge in [-0.15, -0.1) is 0 Å². The van der Waals surface area contributed by atoms with E-state index in [-0.39, 0.29) is 35.7 Å². The monoisotopic (exact) mass is 1120 g/mol. The first-order valence-corrected chi connectivity index (χ1v) is 25.4. The lowest BCUT2D eigenvalue weighted by Crippen LogP contribution is -2.55. The molecule has 0 bridgehead atoms. The third kappa shape index (κ3) is 15.9. The molecule has 4 aromatic carbocycles. The minimum absolute atomic E-state index is 0.0572. The van der Waals surface area contributed by atoms with Gasteiger partial charge in [-0.3, -0.25) is 9.59 Å². The number of hydrogen-bond acceptors (Lipinski definition) is 5. The topological polar surface area (TPSA) is 104 Å². The number of carboxylic acids is 1. The number of carbonyl (C=O) groups is 2. The number of halogens is 12. The maximum absolute atomic E-state index is 13.1. The fourth-order valence-electron chi connectivity index (χ4n) is 9.18. The van der Waals surface area contributed by atoms with Gasteiger partial charge >= 0.3 is 36.6 Å². The molecule has 0 unspecified atom stereocenters. The summed E-state index contributed by atoms with van der Waals surface area (Å²) in [6.07, 6.45) is -17.7. The zero-order chi connectivity index (χ0) is 60.0. The Hall–Kier alpha value is -6.50. The van der Waals surface area contributed by atoms with E-state index in [4.69, 9.17) is 5.11 Å². The summed E-state index contributed by atoms with van der Waals surface area (Å²) in [7, 11) is 1.34. The normalized spacial score (nSPS) is 12.8. The average Bonchev–Trinajstić information content (AvgIpc) is 3.36. The van der Waals surface area contributed by atoms with Crippen molar-refractivity contribution in [1.82, 2.24) is 0 Å². The number of benzene rings is 4. The second kappa shape index (κ2) is 27.1. The summed E-state index contributed by atoms with van der Waals surface area (Å²) in [5.74, 6) is 11.1. The molecule has 18 heteroatoms. The Labute approximate surface area is 454 Å². The fraction of sp³-hybridized carbons (Fsp3) is 0.443. The van der Waals surface area contributed by atoms with Crippen LogP contribution in [0.25, 0.3) is 12.2 Å². The first-order valence-electron chi connectivity index (χ1n) is 25.4. The molecule has 0 saturated carbocycles. The van der Waals surface area contributed by atoms with Crippen molar-refractivity contribution in [2.75, 3.05) is 7.11 Å². The zero-order valence-electron chi connectivity index (χ0n) is 45.4. The van der Waals surface area contributed by atoms with Crippen molar-refractivity contribution >= 4 is 24.1 Å². The molecule has 0 aromatic heterocycles. The number of ether oxygens (including phenoxy) is 1. The van der Waals surface area contributed by atoms with Crippen LogP contribution in [0.15, 0.2) is 84.9 Å². The second-order valence-electron chi connectivity index (χ2n) is 19.3. The highest BCUT2D eigenvalue weighted by atomic mass is 19.4. The molecule has 0 aliphatic carbocycles. The number of hydrogen-bond donors (Lipinski definition) is 3. The molecule has 0 fully saturated rings. The minimum Gasteiger partial charge on any atom is -0.481 e. The van der Waals surface area contributed by atoms with Crippen LogP contribution in [-0.4, -0.2) is 70.3 Å². The quantitative estimate of drug-likeness (QED) is 0.0397. The van der Waals surface area contributed by atoms with Crippen molar-refractivity contribution in [3.05, 3.63) is 152 Å². The maximum Gasteiger partial charge on any atom is 0.430 e. The van der Waals surface area contributed by atoms with Gasteiger partial charge in [-0.25, -0.2) is 0 Å².